The van der Waals surface area contributed by atoms with Gasteiger partial charge in [-0.25, -0.2) is 0 Å². The number of hydrogen-bond acceptors (Lipinski definition) is 3. The second-order valence-corrected chi connectivity index (χ2v) is 6.74. The summed E-state index contributed by atoms with van der Waals surface area (Å²) in [5.74, 6) is 1.95. The van der Waals surface area contributed by atoms with Crippen LogP contribution in [0.2, 0.25) is 0 Å². The highest BCUT2D eigenvalue weighted by molar-refractivity contribution is 6.17. The molecule has 0 heterocycles. The molecule has 24 heavy (non-hydrogen) atoms. The summed E-state index contributed by atoms with van der Waals surface area (Å²) in [6, 6.07) is 5.65. The zero-order valence-corrected chi connectivity index (χ0v) is 16.2. The molecule has 0 aliphatic rings. The summed E-state index contributed by atoms with van der Waals surface area (Å²) in [5, 5.41) is 0. The molecular formula is C19H30ClNO3. The van der Waals surface area contributed by atoms with Gasteiger partial charge >= 0.3 is 0 Å². The Morgan fingerprint density at radius 2 is 1.75 bits per heavy atom. The number of hydrogen-bond donors (Lipinski definition) is 0. The van der Waals surface area contributed by atoms with E-state index in [0.717, 1.165) is 19.3 Å². The number of carbonyl (C=O) groups is 1. The van der Waals surface area contributed by atoms with Gasteiger partial charge in [-0.1, -0.05) is 0 Å². The summed E-state index contributed by atoms with van der Waals surface area (Å²) in [7, 11) is 1.59. The fraction of sp³-hybridized carbons (Fsp3) is 0.632. The van der Waals surface area contributed by atoms with E-state index in [1.807, 2.05) is 38.7 Å². The van der Waals surface area contributed by atoms with E-state index in [2.05, 4.69) is 0 Å². The first-order chi connectivity index (χ1) is 11.4. The van der Waals surface area contributed by atoms with Gasteiger partial charge in [-0.15, -0.1) is 11.6 Å². The van der Waals surface area contributed by atoms with Gasteiger partial charge in [0.1, 0.15) is 0 Å². The number of nitrogens with zero attached hydrogens (tertiary/aromatic N) is 1. The Balaban J connectivity index is 2.83. The third kappa shape index (κ3) is 5.90. The molecular weight excluding hydrogens is 326 g/mol. The Kier molecular flexibility index (Phi) is 8.98. The average Bonchev–Trinajstić information content (AvgIpc) is 2.54. The third-order valence-corrected chi connectivity index (χ3v) is 4.06. The van der Waals surface area contributed by atoms with Crippen molar-refractivity contribution in [3.8, 4) is 11.5 Å². The Morgan fingerprint density at radius 3 is 2.29 bits per heavy atom. The van der Waals surface area contributed by atoms with Crippen molar-refractivity contribution in [2.45, 2.75) is 59.0 Å². The molecule has 0 bridgehead atoms. The van der Waals surface area contributed by atoms with Crippen LogP contribution in [0.1, 0.15) is 57.3 Å². The van der Waals surface area contributed by atoms with Crippen LogP contribution in [0.3, 0.4) is 0 Å². The lowest BCUT2D eigenvalue weighted by molar-refractivity contribution is 0.0643. The Bertz CT molecular complexity index is 509. The molecule has 0 saturated carbocycles. The molecule has 0 N–H and O–H groups in total. The van der Waals surface area contributed by atoms with E-state index in [4.69, 9.17) is 21.1 Å². The van der Waals surface area contributed by atoms with Gasteiger partial charge in [0.05, 0.1) is 13.7 Å². The van der Waals surface area contributed by atoms with E-state index < -0.39 is 0 Å². The minimum atomic E-state index is 0.00645. The molecule has 0 spiro atoms. The molecule has 136 valence electrons. The largest absolute Gasteiger partial charge is 0.493 e. The number of rotatable bonds is 10. The van der Waals surface area contributed by atoms with E-state index in [0.29, 0.717) is 29.5 Å². The van der Waals surface area contributed by atoms with E-state index in [1.165, 1.54) is 0 Å². The van der Waals surface area contributed by atoms with Crippen LogP contribution >= 0.6 is 11.6 Å². The summed E-state index contributed by atoms with van der Waals surface area (Å²) in [6.45, 7) is 8.70. The van der Waals surface area contributed by atoms with Gasteiger partial charge in [0, 0.05) is 23.5 Å². The maximum Gasteiger partial charge on any atom is 0.254 e. The van der Waals surface area contributed by atoms with Crippen LogP contribution in [0, 0.1) is 0 Å². The van der Waals surface area contributed by atoms with Crippen LogP contribution in [0.25, 0.3) is 0 Å². The van der Waals surface area contributed by atoms with Gasteiger partial charge in [-0.05, 0) is 65.2 Å². The molecule has 5 heteroatoms. The Hall–Kier alpha value is -1.42. The SMILES string of the molecule is COc1cc(C(=O)N(C(C)C)C(C)C)ccc1OCCCCCCl. The number of carbonyl (C=O) groups excluding carboxylic acids is 1. The number of amides is 1. The van der Waals surface area contributed by atoms with Crippen LogP contribution in [-0.4, -0.2) is 42.5 Å². The highest BCUT2D eigenvalue weighted by Crippen LogP contribution is 2.29. The lowest BCUT2D eigenvalue weighted by Gasteiger charge is -2.31. The molecule has 1 aromatic rings. The summed E-state index contributed by atoms with van der Waals surface area (Å²) < 4.78 is 11.2. The summed E-state index contributed by atoms with van der Waals surface area (Å²) >= 11 is 5.67. The molecule has 0 aromatic heterocycles. The van der Waals surface area contributed by atoms with E-state index in [1.54, 1.807) is 19.2 Å². The fourth-order valence-electron chi connectivity index (χ4n) is 2.69. The molecule has 0 fully saturated rings. The second kappa shape index (κ2) is 10.4. The standard InChI is InChI=1S/C19H30ClNO3/c1-14(2)21(15(3)4)19(22)16-9-10-17(18(13-16)23-5)24-12-8-6-7-11-20/h9-10,13-15H,6-8,11-12H2,1-5H3. The summed E-state index contributed by atoms with van der Waals surface area (Å²) in [4.78, 5) is 14.6. The van der Waals surface area contributed by atoms with Crippen molar-refractivity contribution in [1.82, 2.24) is 4.90 Å². The van der Waals surface area contributed by atoms with Crippen LogP contribution < -0.4 is 9.47 Å². The normalized spacial score (nSPS) is 11.0. The minimum Gasteiger partial charge on any atom is -0.493 e. The zero-order chi connectivity index (χ0) is 18.1. The van der Waals surface area contributed by atoms with Gasteiger partial charge in [-0.2, -0.15) is 0 Å². The maximum absolute atomic E-state index is 12.8. The van der Waals surface area contributed by atoms with Crippen LogP contribution in [0.15, 0.2) is 18.2 Å². The van der Waals surface area contributed by atoms with Crippen molar-refractivity contribution in [2.75, 3.05) is 19.6 Å². The predicted octanol–water partition coefficient (Wildman–Crippen LogP) is 4.74. The smallest absolute Gasteiger partial charge is 0.254 e. The average molecular weight is 356 g/mol. The number of ether oxygens (including phenoxy) is 2. The molecule has 0 radical (unpaired) electrons. The lowest BCUT2D eigenvalue weighted by atomic mass is 10.1. The first-order valence-electron chi connectivity index (χ1n) is 8.61. The molecule has 0 aliphatic carbocycles. The predicted molar refractivity (Wildman–Crippen MR) is 99.5 cm³/mol. The van der Waals surface area contributed by atoms with Crippen LogP contribution in [-0.2, 0) is 0 Å². The number of benzene rings is 1. The topological polar surface area (TPSA) is 38.8 Å². The van der Waals surface area contributed by atoms with Crippen LogP contribution in [0.4, 0.5) is 0 Å². The lowest BCUT2D eigenvalue weighted by Crippen LogP contribution is -2.42. The zero-order valence-electron chi connectivity index (χ0n) is 15.5. The van der Waals surface area contributed by atoms with Gasteiger partial charge < -0.3 is 14.4 Å². The van der Waals surface area contributed by atoms with Crippen LogP contribution in [0.5, 0.6) is 11.5 Å². The van der Waals surface area contributed by atoms with Crippen molar-refractivity contribution < 1.29 is 14.3 Å². The van der Waals surface area contributed by atoms with E-state index in [9.17, 15) is 4.79 Å². The number of unbranched alkanes of at least 4 members (excludes halogenated alkanes) is 2. The highest BCUT2D eigenvalue weighted by atomic mass is 35.5. The van der Waals surface area contributed by atoms with Gasteiger partial charge in [0.2, 0.25) is 0 Å². The first kappa shape index (κ1) is 20.6. The van der Waals surface area contributed by atoms with Gasteiger partial charge in [0.15, 0.2) is 11.5 Å². The van der Waals surface area contributed by atoms with Crippen molar-refractivity contribution in [2.24, 2.45) is 0 Å². The third-order valence-electron chi connectivity index (χ3n) is 3.79. The van der Waals surface area contributed by atoms with Crippen molar-refractivity contribution in [1.29, 1.82) is 0 Å². The molecule has 4 nitrogen and oxygen atoms in total. The first-order valence-corrected chi connectivity index (χ1v) is 9.15. The van der Waals surface area contributed by atoms with Crippen molar-refractivity contribution >= 4 is 17.5 Å². The number of halogens is 1. The molecule has 1 aromatic carbocycles. The number of alkyl halides is 1. The molecule has 1 amide bonds. The molecule has 0 unspecified atom stereocenters. The van der Waals surface area contributed by atoms with Gasteiger partial charge in [0.25, 0.3) is 5.91 Å². The second-order valence-electron chi connectivity index (χ2n) is 6.36. The monoisotopic (exact) mass is 355 g/mol. The van der Waals surface area contributed by atoms with Crippen molar-refractivity contribution in [3.63, 3.8) is 0 Å². The van der Waals surface area contributed by atoms with Crippen molar-refractivity contribution in [3.05, 3.63) is 23.8 Å². The maximum atomic E-state index is 12.8. The Morgan fingerprint density at radius 1 is 1.08 bits per heavy atom. The van der Waals surface area contributed by atoms with Gasteiger partial charge in [-0.3, -0.25) is 4.79 Å². The minimum absolute atomic E-state index is 0.00645. The fourth-order valence-corrected chi connectivity index (χ4v) is 2.88. The summed E-state index contributed by atoms with van der Waals surface area (Å²) in [6.07, 6.45) is 2.99. The van der Waals surface area contributed by atoms with E-state index >= 15 is 0 Å². The number of methoxy groups -OCH3 is 1. The molecule has 0 atom stereocenters. The quantitative estimate of drug-likeness (QED) is 0.449. The van der Waals surface area contributed by atoms with E-state index in [-0.39, 0.29) is 18.0 Å². The summed E-state index contributed by atoms with van der Waals surface area (Å²) in [5.41, 5.74) is 0.615. The Labute approximate surface area is 151 Å². The molecule has 1 rings (SSSR count). The molecule has 0 saturated heterocycles. The highest BCUT2D eigenvalue weighted by Gasteiger charge is 2.22. The molecule has 0 aliphatic heterocycles.